The van der Waals surface area contributed by atoms with Gasteiger partial charge >= 0.3 is 0 Å². The van der Waals surface area contributed by atoms with Gasteiger partial charge in [0.25, 0.3) is 0 Å². The van der Waals surface area contributed by atoms with Gasteiger partial charge in [0.1, 0.15) is 18.1 Å². The van der Waals surface area contributed by atoms with Gasteiger partial charge in [-0.3, -0.25) is 4.79 Å². The molecule has 2 aromatic rings. The molecule has 0 spiro atoms. The third-order valence-corrected chi connectivity index (χ3v) is 4.09. The van der Waals surface area contributed by atoms with E-state index in [2.05, 4.69) is 17.1 Å². The molecule has 0 saturated carbocycles. The van der Waals surface area contributed by atoms with E-state index < -0.39 is 0 Å². The summed E-state index contributed by atoms with van der Waals surface area (Å²) < 4.78 is 10.8. The number of carbonyl (C=O) groups is 1. The van der Waals surface area contributed by atoms with Crippen molar-refractivity contribution in [2.45, 2.75) is 4.90 Å². The van der Waals surface area contributed by atoms with Gasteiger partial charge in [0, 0.05) is 10.5 Å². The first kappa shape index (κ1) is 18.6. The number of rotatable bonds is 9. The molecule has 0 aliphatic carbocycles. The third kappa shape index (κ3) is 6.35. The van der Waals surface area contributed by atoms with E-state index >= 15 is 0 Å². The fourth-order valence-electron chi connectivity index (χ4n) is 1.91. The number of hydrogen-bond acceptors (Lipinski definition) is 5. The summed E-state index contributed by atoms with van der Waals surface area (Å²) in [5.74, 6) is 1.43. The number of nitrogens with one attached hydrogen (secondary N) is 1. The highest BCUT2D eigenvalue weighted by molar-refractivity contribution is 8.00. The number of ether oxygens (including phenoxy) is 2. The molecule has 2 aromatic carbocycles. The van der Waals surface area contributed by atoms with E-state index in [1.807, 2.05) is 30.3 Å². The summed E-state index contributed by atoms with van der Waals surface area (Å²) in [7, 11) is 1.59. The predicted octanol–water partition coefficient (Wildman–Crippen LogP) is 3.50. The maximum absolute atomic E-state index is 11.9. The summed E-state index contributed by atoms with van der Waals surface area (Å²) >= 11 is 1.45. The Morgan fingerprint density at radius 2 is 2.08 bits per heavy atom. The highest BCUT2D eigenvalue weighted by Gasteiger charge is 2.05. The van der Waals surface area contributed by atoms with Crippen molar-refractivity contribution in [2.24, 2.45) is 5.10 Å². The van der Waals surface area contributed by atoms with Crippen molar-refractivity contribution in [3.63, 3.8) is 0 Å². The summed E-state index contributed by atoms with van der Waals surface area (Å²) in [6.07, 6.45) is 3.19. The minimum atomic E-state index is -0.179. The normalized spacial score (nSPS) is 10.4. The first-order chi connectivity index (χ1) is 12.2. The summed E-state index contributed by atoms with van der Waals surface area (Å²) in [6.45, 7) is 4.01. The molecular formula is C19H20N2O3S. The Kier molecular flexibility index (Phi) is 7.59. The Labute approximate surface area is 151 Å². The van der Waals surface area contributed by atoms with Crippen LogP contribution in [0.4, 0.5) is 0 Å². The number of hydrogen-bond donors (Lipinski definition) is 1. The molecule has 0 heterocycles. The Bertz CT molecular complexity index is 733. The largest absolute Gasteiger partial charge is 0.497 e. The molecule has 0 radical (unpaired) electrons. The van der Waals surface area contributed by atoms with E-state index in [0.29, 0.717) is 29.4 Å². The van der Waals surface area contributed by atoms with E-state index in [4.69, 9.17) is 9.47 Å². The summed E-state index contributed by atoms with van der Waals surface area (Å²) in [6, 6.07) is 15.1. The second kappa shape index (κ2) is 10.2. The average Bonchev–Trinajstić information content (AvgIpc) is 2.66. The first-order valence-corrected chi connectivity index (χ1v) is 8.63. The zero-order chi connectivity index (χ0) is 17.9. The third-order valence-electron chi connectivity index (χ3n) is 3.08. The number of carbonyl (C=O) groups excluding carboxylic acids is 1. The first-order valence-electron chi connectivity index (χ1n) is 7.64. The van der Waals surface area contributed by atoms with E-state index in [1.54, 1.807) is 31.4 Å². The molecular weight excluding hydrogens is 336 g/mol. The van der Waals surface area contributed by atoms with Crippen LogP contribution in [-0.2, 0) is 4.79 Å². The molecule has 0 unspecified atom stereocenters. The van der Waals surface area contributed by atoms with Gasteiger partial charge in [0.2, 0.25) is 5.91 Å². The van der Waals surface area contributed by atoms with Gasteiger partial charge in [-0.2, -0.15) is 5.10 Å². The van der Waals surface area contributed by atoms with Crippen LogP contribution < -0.4 is 14.9 Å². The molecule has 6 heteroatoms. The van der Waals surface area contributed by atoms with Gasteiger partial charge in [-0.05, 0) is 30.3 Å². The van der Waals surface area contributed by atoms with Crippen molar-refractivity contribution in [1.82, 2.24) is 5.43 Å². The van der Waals surface area contributed by atoms with Crippen molar-refractivity contribution in [1.29, 1.82) is 0 Å². The van der Waals surface area contributed by atoms with Gasteiger partial charge in [0.15, 0.2) is 0 Å². The fraction of sp³-hybridized carbons (Fsp3) is 0.158. The average molecular weight is 356 g/mol. The zero-order valence-corrected chi connectivity index (χ0v) is 14.8. The van der Waals surface area contributed by atoms with Crippen LogP contribution in [0.15, 0.2) is 71.2 Å². The van der Waals surface area contributed by atoms with Crippen LogP contribution in [0.2, 0.25) is 0 Å². The lowest BCUT2D eigenvalue weighted by atomic mass is 10.2. The minimum Gasteiger partial charge on any atom is -0.497 e. The molecule has 0 bridgehead atoms. The lowest BCUT2D eigenvalue weighted by Crippen LogP contribution is -2.19. The number of thioether (sulfide) groups is 1. The molecule has 0 atom stereocenters. The van der Waals surface area contributed by atoms with E-state index in [-0.39, 0.29) is 5.91 Å². The van der Waals surface area contributed by atoms with Crippen LogP contribution in [0.5, 0.6) is 11.5 Å². The molecule has 0 saturated heterocycles. The molecule has 0 aromatic heterocycles. The molecule has 1 amide bonds. The standard InChI is InChI=1S/C19H20N2O3S/c1-3-11-24-18-10-9-16(23-2)12-15(18)13-20-21-19(22)14-25-17-7-5-4-6-8-17/h3-10,12-13H,1,11,14H2,2H3,(H,21,22). The molecule has 2 rings (SSSR count). The molecule has 0 fully saturated rings. The second-order valence-electron chi connectivity index (χ2n) is 4.90. The van der Waals surface area contributed by atoms with Crippen LogP contribution >= 0.6 is 11.8 Å². The minimum absolute atomic E-state index is 0.179. The van der Waals surface area contributed by atoms with E-state index in [1.165, 1.54) is 18.0 Å². The van der Waals surface area contributed by atoms with Crippen LogP contribution in [-0.4, -0.2) is 31.6 Å². The number of nitrogens with zero attached hydrogens (tertiary/aromatic N) is 1. The van der Waals surface area contributed by atoms with Crippen molar-refractivity contribution < 1.29 is 14.3 Å². The van der Waals surface area contributed by atoms with Crippen LogP contribution in [0.25, 0.3) is 0 Å². The van der Waals surface area contributed by atoms with Crippen molar-refractivity contribution >= 4 is 23.9 Å². The molecule has 0 aliphatic heterocycles. The Balaban J connectivity index is 1.93. The van der Waals surface area contributed by atoms with Crippen molar-refractivity contribution in [3.05, 3.63) is 66.7 Å². The predicted molar refractivity (Wildman–Crippen MR) is 102 cm³/mol. The Hall–Kier alpha value is -2.73. The molecule has 130 valence electrons. The van der Waals surface area contributed by atoms with Crippen LogP contribution in [0, 0.1) is 0 Å². The van der Waals surface area contributed by atoms with Gasteiger partial charge in [-0.1, -0.05) is 30.9 Å². The van der Waals surface area contributed by atoms with E-state index in [0.717, 1.165) is 4.90 Å². The maximum Gasteiger partial charge on any atom is 0.250 e. The quantitative estimate of drug-likeness (QED) is 0.323. The van der Waals surface area contributed by atoms with Crippen LogP contribution in [0.1, 0.15) is 5.56 Å². The van der Waals surface area contributed by atoms with Crippen LogP contribution in [0.3, 0.4) is 0 Å². The summed E-state index contributed by atoms with van der Waals surface area (Å²) in [5.41, 5.74) is 3.22. The maximum atomic E-state index is 11.9. The van der Waals surface area contributed by atoms with Gasteiger partial charge in [0.05, 0.1) is 19.1 Å². The summed E-state index contributed by atoms with van der Waals surface area (Å²) in [5, 5.41) is 4.00. The number of methoxy groups -OCH3 is 1. The number of hydrazone groups is 1. The van der Waals surface area contributed by atoms with Gasteiger partial charge in [-0.15, -0.1) is 11.8 Å². The zero-order valence-electron chi connectivity index (χ0n) is 14.0. The lowest BCUT2D eigenvalue weighted by Gasteiger charge is -2.09. The summed E-state index contributed by atoms with van der Waals surface area (Å²) in [4.78, 5) is 12.9. The van der Waals surface area contributed by atoms with Gasteiger partial charge < -0.3 is 9.47 Å². The topological polar surface area (TPSA) is 59.9 Å². The second-order valence-corrected chi connectivity index (χ2v) is 5.95. The molecule has 0 aliphatic rings. The van der Waals surface area contributed by atoms with Crippen molar-refractivity contribution in [3.8, 4) is 11.5 Å². The highest BCUT2D eigenvalue weighted by atomic mass is 32.2. The smallest absolute Gasteiger partial charge is 0.250 e. The Morgan fingerprint density at radius 1 is 1.28 bits per heavy atom. The molecule has 5 nitrogen and oxygen atoms in total. The lowest BCUT2D eigenvalue weighted by molar-refractivity contribution is -0.118. The molecule has 25 heavy (non-hydrogen) atoms. The monoisotopic (exact) mass is 356 g/mol. The number of benzene rings is 2. The Morgan fingerprint density at radius 3 is 2.80 bits per heavy atom. The van der Waals surface area contributed by atoms with Crippen molar-refractivity contribution in [2.75, 3.05) is 19.5 Å². The molecule has 1 N–H and O–H groups in total. The highest BCUT2D eigenvalue weighted by Crippen LogP contribution is 2.22. The van der Waals surface area contributed by atoms with Gasteiger partial charge in [-0.25, -0.2) is 5.43 Å². The number of amides is 1. The van der Waals surface area contributed by atoms with E-state index in [9.17, 15) is 4.79 Å². The SMILES string of the molecule is C=CCOc1ccc(OC)cc1C=NNC(=O)CSc1ccccc1. The fourth-order valence-corrected chi connectivity index (χ4v) is 2.62.